The maximum Gasteiger partial charge on any atom is 0.408 e. The molecule has 2 N–H and O–H groups in total. The molecule has 0 aliphatic carbocycles. The summed E-state index contributed by atoms with van der Waals surface area (Å²) in [7, 11) is 0. The van der Waals surface area contributed by atoms with Crippen molar-refractivity contribution in [2.24, 2.45) is 0 Å². The number of ether oxygens (including phenoxy) is 1. The van der Waals surface area contributed by atoms with Crippen LogP contribution in [0.15, 0.2) is 12.1 Å². The van der Waals surface area contributed by atoms with Crippen LogP contribution in [0.3, 0.4) is 0 Å². The number of carbonyl (C=O) groups is 3. The van der Waals surface area contributed by atoms with E-state index < -0.39 is 65.3 Å². The van der Waals surface area contributed by atoms with Gasteiger partial charge in [-0.25, -0.2) is 22.8 Å². The van der Waals surface area contributed by atoms with Crippen LogP contribution in [0.1, 0.15) is 44.0 Å². The molecule has 6 nitrogen and oxygen atoms in total. The van der Waals surface area contributed by atoms with E-state index in [1.807, 2.05) is 0 Å². The molecule has 1 rings (SSSR count). The molecule has 0 aliphatic heterocycles. The van der Waals surface area contributed by atoms with Crippen molar-refractivity contribution >= 4 is 17.8 Å². The lowest BCUT2D eigenvalue weighted by Gasteiger charge is -2.21. The second-order valence-corrected chi connectivity index (χ2v) is 6.24. The summed E-state index contributed by atoms with van der Waals surface area (Å²) in [5, 5.41) is 11.1. The summed E-state index contributed by atoms with van der Waals surface area (Å²) in [6.45, 7) is 4.73. The molecule has 138 valence electrons. The van der Waals surface area contributed by atoms with Crippen molar-refractivity contribution in [2.45, 2.75) is 45.3 Å². The quantitative estimate of drug-likeness (QED) is 0.760. The van der Waals surface area contributed by atoms with Crippen LogP contribution in [0.25, 0.3) is 0 Å². The number of nitrogens with one attached hydrogen (secondary N) is 1. The van der Waals surface area contributed by atoms with Crippen LogP contribution in [0.2, 0.25) is 0 Å². The van der Waals surface area contributed by atoms with Gasteiger partial charge in [-0.3, -0.25) is 4.79 Å². The summed E-state index contributed by atoms with van der Waals surface area (Å²) >= 11 is 0. The van der Waals surface area contributed by atoms with Crippen LogP contribution in [0.5, 0.6) is 0 Å². The first-order chi connectivity index (χ1) is 11.4. The fourth-order valence-corrected chi connectivity index (χ4v) is 1.92. The molecular formula is C16H18F3NO5. The summed E-state index contributed by atoms with van der Waals surface area (Å²) in [4.78, 5) is 34.6. The van der Waals surface area contributed by atoms with Crippen molar-refractivity contribution in [1.82, 2.24) is 5.32 Å². The molecule has 1 atom stereocenters. The molecule has 1 aromatic rings. The summed E-state index contributed by atoms with van der Waals surface area (Å²) in [6.07, 6.45) is -2.01. The fourth-order valence-electron chi connectivity index (χ4n) is 1.92. The zero-order valence-electron chi connectivity index (χ0n) is 13.9. The van der Waals surface area contributed by atoms with Crippen LogP contribution in [-0.4, -0.2) is 34.6 Å². The van der Waals surface area contributed by atoms with Gasteiger partial charge in [-0.1, -0.05) is 0 Å². The molecular weight excluding hydrogens is 343 g/mol. The number of aliphatic carboxylic acids is 1. The minimum atomic E-state index is -1.50. The number of carboxylic acid groups (broad SMARTS) is 1. The number of halogens is 3. The fraction of sp³-hybridized carbons (Fsp3) is 0.438. The first-order valence-corrected chi connectivity index (χ1v) is 7.31. The third-order valence-electron chi connectivity index (χ3n) is 2.93. The molecule has 0 unspecified atom stereocenters. The van der Waals surface area contributed by atoms with E-state index in [1.165, 1.54) is 0 Å². The van der Waals surface area contributed by atoms with Crippen molar-refractivity contribution in [2.75, 3.05) is 0 Å². The molecule has 0 aromatic heterocycles. The van der Waals surface area contributed by atoms with Gasteiger partial charge in [-0.15, -0.1) is 0 Å². The van der Waals surface area contributed by atoms with Crippen molar-refractivity contribution in [3.63, 3.8) is 0 Å². The molecule has 0 heterocycles. The third kappa shape index (κ3) is 6.44. The number of benzene rings is 1. The Balaban J connectivity index is 2.77. The van der Waals surface area contributed by atoms with Gasteiger partial charge < -0.3 is 15.2 Å². The van der Waals surface area contributed by atoms with Crippen LogP contribution in [-0.2, 0) is 9.53 Å². The SMILES string of the molecule is CC(C)(C)OC(=O)N[C@H](CCC(=O)c1c(F)cc(F)cc1F)C(=O)O. The van der Waals surface area contributed by atoms with Crippen LogP contribution >= 0.6 is 0 Å². The van der Waals surface area contributed by atoms with Gasteiger partial charge in [0.25, 0.3) is 0 Å². The maximum absolute atomic E-state index is 13.5. The smallest absolute Gasteiger partial charge is 0.408 e. The van der Waals surface area contributed by atoms with Gasteiger partial charge in [0.2, 0.25) is 0 Å². The summed E-state index contributed by atoms with van der Waals surface area (Å²) in [5.74, 6) is -6.43. The standard InChI is InChI=1S/C16H18F3NO5/c1-16(2,3)25-15(24)20-11(14(22)23)4-5-12(21)13-9(18)6-8(17)7-10(13)19/h6-7,11H,4-5H2,1-3H3,(H,20,24)(H,22,23)/t11-/m1/s1. The zero-order chi connectivity index (χ0) is 19.4. The van der Waals surface area contributed by atoms with E-state index in [0.717, 1.165) is 0 Å². The van der Waals surface area contributed by atoms with Crippen molar-refractivity contribution in [1.29, 1.82) is 0 Å². The highest BCUT2D eigenvalue weighted by Gasteiger charge is 2.26. The van der Waals surface area contributed by atoms with E-state index in [0.29, 0.717) is 12.1 Å². The van der Waals surface area contributed by atoms with E-state index in [1.54, 1.807) is 20.8 Å². The number of rotatable bonds is 6. The second-order valence-electron chi connectivity index (χ2n) is 6.24. The van der Waals surface area contributed by atoms with E-state index >= 15 is 0 Å². The van der Waals surface area contributed by atoms with E-state index in [4.69, 9.17) is 9.84 Å². The van der Waals surface area contributed by atoms with Gasteiger partial charge in [-0.05, 0) is 27.2 Å². The molecule has 0 bridgehead atoms. The van der Waals surface area contributed by atoms with Gasteiger partial charge in [-0.2, -0.15) is 0 Å². The first-order valence-electron chi connectivity index (χ1n) is 7.31. The lowest BCUT2D eigenvalue weighted by molar-refractivity contribution is -0.139. The minimum Gasteiger partial charge on any atom is -0.480 e. The third-order valence-corrected chi connectivity index (χ3v) is 2.93. The number of ketones is 1. The van der Waals surface area contributed by atoms with Crippen molar-refractivity contribution < 1.29 is 37.4 Å². The van der Waals surface area contributed by atoms with Crippen molar-refractivity contribution in [3.8, 4) is 0 Å². The lowest BCUT2D eigenvalue weighted by Crippen LogP contribution is -2.43. The molecule has 0 saturated carbocycles. The number of hydrogen-bond acceptors (Lipinski definition) is 4. The Hall–Kier alpha value is -2.58. The number of amides is 1. The second kappa shape index (κ2) is 8.00. The van der Waals surface area contributed by atoms with Gasteiger partial charge in [0, 0.05) is 18.6 Å². The number of carbonyl (C=O) groups excluding carboxylic acids is 2. The Kier molecular flexibility index (Phi) is 6.55. The Labute approximate surface area is 142 Å². The van der Waals surface area contributed by atoms with Crippen LogP contribution in [0.4, 0.5) is 18.0 Å². The zero-order valence-corrected chi connectivity index (χ0v) is 13.9. The van der Waals surface area contributed by atoms with Gasteiger partial charge in [0.15, 0.2) is 5.78 Å². The van der Waals surface area contributed by atoms with E-state index in [-0.39, 0.29) is 0 Å². The van der Waals surface area contributed by atoms with Crippen LogP contribution < -0.4 is 5.32 Å². The minimum absolute atomic E-state index is 0.351. The molecule has 1 aromatic carbocycles. The normalized spacial score (nSPS) is 12.4. The molecule has 0 spiro atoms. The highest BCUT2D eigenvalue weighted by Crippen LogP contribution is 2.18. The summed E-state index contributed by atoms with van der Waals surface area (Å²) in [5.41, 5.74) is -1.81. The number of hydrogen-bond donors (Lipinski definition) is 2. The van der Waals surface area contributed by atoms with E-state index in [2.05, 4.69) is 5.32 Å². The van der Waals surface area contributed by atoms with Gasteiger partial charge >= 0.3 is 12.1 Å². The molecule has 25 heavy (non-hydrogen) atoms. The largest absolute Gasteiger partial charge is 0.480 e. The Morgan fingerprint density at radius 2 is 1.68 bits per heavy atom. The van der Waals surface area contributed by atoms with E-state index in [9.17, 15) is 27.6 Å². The highest BCUT2D eigenvalue weighted by atomic mass is 19.1. The summed E-state index contributed by atoms with van der Waals surface area (Å²) < 4.78 is 44.8. The average molecular weight is 361 g/mol. The molecule has 0 fully saturated rings. The number of Topliss-reactive ketones (excluding diaryl/α,β-unsaturated/α-hetero) is 1. The molecule has 0 saturated heterocycles. The molecule has 1 amide bonds. The van der Waals surface area contributed by atoms with Crippen molar-refractivity contribution in [3.05, 3.63) is 35.1 Å². The molecule has 0 aliphatic rings. The van der Waals surface area contributed by atoms with Gasteiger partial charge in [0.05, 0.1) is 5.56 Å². The molecule has 9 heteroatoms. The van der Waals surface area contributed by atoms with Gasteiger partial charge in [0.1, 0.15) is 29.1 Å². The lowest BCUT2D eigenvalue weighted by atomic mass is 10.0. The predicted octanol–water partition coefficient (Wildman–Crippen LogP) is 3.04. The predicted molar refractivity (Wildman–Crippen MR) is 80.7 cm³/mol. The number of alkyl carbamates (subject to hydrolysis) is 1. The highest BCUT2D eigenvalue weighted by molar-refractivity contribution is 5.97. The number of carboxylic acids is 1. The topological polar surface area (TPSA) is 92.7 Å². The Bertz CT molecular complexity index is 662. The summed E-state index contributed by atoms with van der Waals surface area (Å²) in [6, 6.07) is -0.793. The maximum atomic E-state index is 13.5. The first kappa shape index (κ1) is 20.5. The monoisotopic (exact) mass is 361 g/mol. The molecule has 0 radical (unpaired) electrons. The average Bonchev–Trinajstić information content (AvgIpc) is 2.39. The Morgan fingerprint density at radius 3 is 2.12 bits per heavy atom. The Morgan fingerprint density at radius 1 is 1.16 bits per heavy atom. The van der Waals surface area contributed by atoms with Crippen LogP contribution in [0, 0.1) is 17.5 Å².